The van der Waals surface area contributed by atoms with Gasteiger partial charge in [0.2, 0.25) is 0 Å². The zero-order valence-corrected chi connectivity index (χ0v) is 9.68. The average molecular weight is 229 g/mol. The van der Waals surface area contributed by atoms with Crippen molar-refractivity contribution < 1.29 is 4.74 Å². The Labute approximate surface area is 100 Å². The van der Waals surface area contributed by atoms with E-state index in [2.05, 4.69) is 10.3 Å². The van der Waals surface area contributed by atoms with Crippen LogP contribution in [0.25, 0.3) is 0 Å². The van der Waals surface area contributed by atoms with Crippen LogP contribution in [-0.2, 0) is 6.54 Å². The first-order valence-electron chi connectivity index (χ1n) is 5.37. The molecule has 0 atom stereocenters. The van der Waals surface area contributed by atoms with Gasteiger partial charge in [0.05, 0.1) is 7.11 Å². The summed E-state index contributed by atoms with van der Waals surface area (Å²) in [6.45, 7) is 0.665. The molecular formula is C13H15N3O. The van der Waals surface area contributed by atoms with Crippen molar-refractivity contribution in [2.24, 2.45) is 0 Å². The fourth-order valence-corrected chi connectivity index (χ4v) is 1.58. The Kier molecular flexibility index (Phi) is 3.45. The van der Waals surface area contributed by atoms with Crippen LogP contribution in [0.4, 0.5) is 11.5 Å². The lowest BCUT2D eigenvalue weighted by molar-refractivity contribution is 0.415. The van der Waals surface area contributed by atoms with Gasteiger partial charge in [0.25, 0.3) is 0 Å². The van der Waals surface area contributed by atoms with Gasteiger partial charge in [-0.2, -0.15) is 0 Å². The van der Waals surface area contributed by atoms with E-state index in [9.17, 15) is 0 Å². The summed E-state index contributed by atoms with van der Waals surface area (Å²) in [5, 5.41) is 3.22. The van der Waals surface area contributed by atoms with Crippen molar-refractivity contribution in [2.75, 3.05) is 18.2 Å². The number of hydrogen-bond donors (Lipinski definition) is 2. The van der Waals surface area contributed by atoms with Crippen molar-refractivity contribution in [2.45, 2.75) is 6.54 Å². The molecular weight excluding hydrogens is 214 g/mol. The van der Waals surface area contributed by atoms with Crippen LogP contribution >= 0.6 is 0 Å². The van der Waals surface area contributed by atoms with E-state index in [1.165, 1.54) is 0 Å². The van der Waals surface area contributed by atoms with Gasteiger partial charge in [-0.1, -0.05) is 12.1 Å². The summed E-state index contributed by atoms with van der Waals surface area (Å²) in [5.74, 6) is 1.47. The second-order valence-electron chi connectivity index (χ2n) is 3.65. The summed E-state index contributed by atoms with van der Waals surface area (Å²) in [6.07, 6.45) is 1.73. The molecule has 0 aliphatic carbocycles. The van der Waals surface area contributed by atoms with E-state index in [1.807, 2.05) is 36.4 Å². The highest BCUT2D eigenvalue weighted by Gasteiger charge is 2.02. The number of anilines is 2. The second kappa shape index (κ2) is 5.21. The smallest absolute Gasteiger partial charge is 0.168 e. The van der Waals surface area contributed by atoms with Crippen LogP contribution in [-0.4, -0.2) is 12.1 Å². The monoisotopic (exact) mass is 229 g/mol. The number of rotatable bonds is 4. The Bertz CT molecular complexity index is 500. The van der Waals surface area contributed by atoms with Crippen LogP contribution in [0, 0.1) is 0 Å². The third kappa shape index (κ3) is 2.87. The summed E-state index contributed by atoms with van der Waals surface area (Å²) in [4.78, 5) is 4.22. The van der Waals surface area contributed by atoms with Gasteiger partial charge in [0.1, 0.15) is 0 Å². The molecule has 0 aliphatic heterocycles. The first-order chi connectivity index (χ1) is 8.29. The Hall–Kier alpha value is -2.23. The number of ether oxygens (including phenoxy) is 1. The molecule has 2 rings (SSSR count). The zero-order valence-electron chi connectivity index (χ0n) is 9.68. The molecule has 0 radical (unpaired) electrons. The summed E-state index contributed by atoms with van der Waals surface area (Å²) in [7, 11) is 1.63. The maximum Gasteiger partial charge on any atom is 0.168 e. The summed E-state index contributed by atoms with van der Waals surface area (Å²) in [6, 6.07) is 11.5. The van der Waals surface area contributed by atoms with Gasteiger partial charge in [-0.15, -0.1) is 0 Å². The number of nitrogen functional groups attached to an aromatic ring is 1. The normalized spacial score (nSPS) is 9.94. The minimum Gasteiger partial charge on any atom is -0.493 e. The molecule has 0 saturated heterocycles. The lowest BCUT2D eigenvalue weighted by Gasteiger charge is -2.09. The molecule has 0 aliphatic rings. The topological polar surface area (TPSA) is 60.2 Å². The lowest BCUT2D eigenvalue weighted by Crippen LogP contribution is -2.03. The van der Waals surface area contributed by atoms with Crippen LogP contribution in [0.1, 0.15) is 5.56 Å². The van der Waals surface area contributed by atoms with Gasteiger partial charge in [-0.25, -0.2) is 4.98 Å². The number of benzene rings is 1. The fourth-order valence-electron chi connectivity index (χ4n) is 1.58. The maximum absolute atomic E-state index is 5.72. The molecule has 0 unspecified atom stereocenters. The van der Waals surface area contributed by atoms with Crippen molar-refractivity contribution in [3.05, 3.63) is 48.2 Å². The van der Waals surface area contributed by atoms with E-state index >= 15 is 0 Å². The van der Waals surface area contributed by atoms with Crippen LogP contribution in [0.5, 0.6) is 5.75 Å². The van der Waals surface area contributed by atoms with E-state index in [1.54, 1.807) is 13.3 Å². The number of methoxy groups -OCH3 is 1. The quantitative estimate of drug-likeness (QED) is 0.790. The Balaban J connectivity index is 2.07. The van der Waals surface area contributed by atoms with Crippen molar-refractivity contribution in [3.8, 4) is 5.75 Å². The van der Waals surface area contributed by atoms with E-state index in [0.717, 1.165) is 22.8 Å². The van der Waals surface area contributed by atoms with Gasteiger partial charge in [0, 0.05) is 18.4 Å². The number of nitrogens with one attached hydrogen (secondary N) is 1. The molecule has 0 fully saturated rings. The Morgan fingerprint density at radius 1 is 1.29 bits per heavy atom. The highest BCUT2D eigenvalue weighted by Crippen LogP contribution is 2.20. The number of pyridine rings is 1. The lowest BCUT2D eigenvalue weighted by atomic mass is 10.2. The minimum atomic E-state index is 0.665. The van der Waals surface area contributed by atoms with E-state index < -0.39 is 0 Å². The van der Waals surface area contributed by atoms with Gasteiger partial charge in [0.15, 0.2) is 11.6 Å². The standard InChI is InChI=1S/C13H15N3O/c1-17-12-6-3-7-15-13(12)16-9-10-4-2-5-11(14)8-10/h2-8H,9,14H2,1H3,(H,15,16). The van der Waals surface area contributed by atoms with E-state index in [4.69, 9.17) is 10.5 Å². The molecule has 0 saturated carbocycles. The van der Waals surface area contributed by atoms with Crippen LogP contribution in [0.3, 0.4) is 0 Å². The summed E-state index contributed by atoms with van der Waals surface area (Å²) in [5.41, 5.74) is 7.59. The molecule has 4 nitrogen and oxygen atoms in total. The molecule has 88 valence electrons. The molecule has 0 amide bonds. The number of aromatic nitrogens is 1. The summed E-state index contributed by atoms with van der Waals surface area (Å²) < 4.78 is 5.21. The Morgan fingerprint density at radius 2 is 2.18 bits per heavy atom. The summed E-state index contributed by atoms with van der Waals surface area (Å²) >= 11 is 0. The zero-order chi connectivity index (χ0) is 12.1. The first-order valence-corrected chi connectivity index (χ1v) is 5.37. The highest BCUT2D eigenvalue weighted by atomic mass is 16.5. The predicted octanol–water partition coefficient (Wildman–Crippen LogP) is 2.28. The predicted molar refractivity (Wildman–Crippen MR) is 69.0 cm³/mol. The highest BCUT2D eigenvalue weighted by molar-refractivity contribution is 5.50. The molecule has 0 bridgehead atoms. The van der Waals surface area contributed by atoms with Crippen molar-refractivity contribution in [3.63, 3.8) is 0 Å². The first kappa shape index (κ1) is 11.3. The SMILES string of the molecule is COc1cccnc1NCc1cccc(N)c1. The van der Waals surface area contributed by atoms with Crippen molar-refractivity contribution >= 4 is 11.5 Å². The molecule has 3 N–H and O–H groups in total. The number of hydrogen-bond acceptors (Lipinski definition) is 4. The molecule has 1 aromatic heterocycles. The van der Waals surface area contributed by atoms with E-state index in [0.29, 0.717) is 6.54 Å². The largest absolute Gasteiger partial charge is 0.493 e. The molecule has 4 heteroatoms. The maximum atomic E-state index is 5.72. The van der Waals surface area contributed by atoms with Crippen LogP contribution in [0.2, 0.25) is 0 Å². The second-order valence-corrected chi connectivity index (χ2v) is 3.65. The van der Waals surface area contributed by atoms with Gasteiger partial charge < -0.3 is 15.8 Å². The number of nitrogens with zero attached hydrogens (tertiary/aromatic N) is 1. The van der Waals surface area contributed by atoms with Crippen molar-refractivity contribution in [1.82, 2.24) is 4.98 Å². The molecule has 17 heavy (non-hydrogen) atoms. The average Bonchev–Trinajstić information content (AvgIpc) is 2.37. The Morgan fingerprint density at radius 3 is 2.94 bits per heavy atom. The fraction of sp³-hybridized carbons (Fsp3) is 0.154. The van der Waals surface area contributed by atoms with Gasteiger partial charge >= 0.3 is 0 Å². The third-order valence-electron chi connectivity index (χ3n) is 2.40. The van der Waals surface area contributed by atoms with E-state index in [-0.39, 0.29) is 0 Å². The molecule has 1 heterocycles. The third-order valence-corrected chi connectivity index (χ3v) is 2.40. The molecule has 1 aromatic carbocycles. The number of nitrogens with two attached hydrogens (primary N) is 1. The molecule has 0 spiro atoms. The van der Waals surface area contributed by atoms with Crippen LogP contribution < -0.4 is 15.8 Å². The van der Waals surface area contributed by atoms with Gasteiger partial charge in [-0.3, -0.25) is 0 Å². The van der Waals surface area contributed by atoms with Crippen molar-refractivity contribution in [1.29, 1.82) is 0 Å². The minimum absolute atomic E-state index is 0.665. The molecule has 2 aromatic rings. The van der Waals surface area contributed by atoms with Crippen LogP contribution in [0.15, 0.2) is 42.6 Å². The van der Waals surface area contributed by atoms with Gasteiger partial charge in [-0.05, 0) is 29.8 Å².